The van der Waals surface area contributed by atoms with Gasteiger partial charge < -0.3 is 5.11 Å². The fraction of sp³-hybridized carbons (Fsp3) is 0.818. The molecule has 13 heavy (non-hydrogen) atoms. The van der Waals surface area contributed by atoms with Crippen molar-refractivity contribution in [2.24, 2.45) is 0 Å². The van der Waals surface area contributed by atoms with Crippen LogP contribution in [0.4, 0.5) is 0 Å². The fourth-order valence-corrected chi connectivity index (χ4v) is 1.62. The van der Waals surface area contributed by atoms with E-state index in [2.05, 4.69) is 18.4 Å². The van der Waals surface area contributed by atoms with E-state index in [0.29, 0.717) is 0 Å². The van der Waals surface area contributed by atoms with Gasteiger partial charge in [0.1, 0.15) is 0 Å². The Hall–Kier alpha value is -0.340. The molecule has 0 spiro atoms. The number of nitrogens with zero attached hydrogens (tertiary/aromatic N) is 1. The minimum absolute atomic E-state index is 0.427. The Labute approximate surface area is 81.2 Å². The summed E-state index contributed by atoms with van der Waals surface area (Å²) in [4.78, 5) is 2.38. The van der Waals surface area contributed by atoms with Gasteiger partial charge in [0.2, 0.25) is 0 Å². The highest BCUT2D eigenvalue weighted by Crippen LogP contribution is 2.21. The van der Waals surface area contributed by atoms with E-state index in [0.717, 1.165) is 38.9 Å². The average Bonchev–Trinajstić information content (AvgIpc) is 2.08. The maximum absolute atomic E-state index is 9.73. The highest BCUT2D eigenvalue weighted by molar-refractivity contribution is 4.97. The molecule has 1 saturated heterocycles. The third-order valence-electron chi connectivity index (χ3n) is 2.88. The molecule has 1 fully saturated rings. The van der Waals surface area contributed by atoms with E-state index in [-0.39, 0.29) is 0 Å². The number of rotatable bonds is 3. The maximum Gasteiger partial charge on any atom is 0.0644 e. The van der Waals surface area contributed by atoms with E-state index in [9.17, 15) is 5.11 Å². The third kappa shape index (κ3) is 3.49. The van der Waals surface area contributed by atoms with Crippen LogP contribution >= 0.6 is 0 Å². The summed E-state index contributed by atoms with van der Waals surface area (Å²) < 4.78 is 0. The van der Waals surface area contributed by atoms with E-state index in [1.54, 1.807) is 0 Å². The molecular weight excluding hydrogens is 162 g/mol. The Morgan fingerprint density at radius 2 is 2.00 bits per heavy atom. The second-order valence-electron chi connectivity index (χ2n) is 4.38. The molecule has 0 aromatic heterocycles. The lowest BCUT2D eigenvalue weighted by atomic mass is 9.93. The highest BCUT2D eigenvalue weighted by Gasteiger charge is 2.26. The maximum atomic E-state index is 9.73. The summed E-state index contributed by atoms with van der Waals surface area (Å²) >= 11 is 0. The largest absolute Gasteiger partial charge is 0.390 e. The lowest BCUT2D eigenvalue weighted by Gasteiger charge is -2.36. The van der Waals surface area contributed by atoms with Crippen LogP contribution in [-0.4, -0.2) is 35.2 Å². The molecule has 0 bridgehead atoms. The van der Waals surface area contributed by atoms with Crippen molar-refractivity contribution in [3.05, 3.63) is 12.2 Å². The quantitative estimate of drug-likeness (QED) is 0.674. The molecule has 0 saturated carbocycles. The monoisotopic (exact) mass is 183 g/mol. The first-order chi connectivity index (χ1) is 6.03. The molecule has 2 heteroatoms. The van der Waals surface area contributed by atoms with Gasteiger partial charge in [-0.3, -0.25) is 4.90 Å². The van der Waals surface area contributed by atoms with Gasteiger partial charge >= 0.3 is 0 Å². The van der Waals surface area contributed by atoms with E-state index in [1.807, 2.05) is 6.92 Å². The predicted octanol–water partition coefficient (Wildman–Crippen LogP) is 1.80. The van der Waals surface area contributed by atoms with Gasteiger partial charge in [0, 0.05) is 19.6 Å². The summed E-state index contributed by atoms with van der Waals surface area (Å²) in [6.07, 6.45) is 2.85. The summed E-state index contributed by atoms with van der Waals surface area (Å²) in [5.41, 5.74) is 0.867. The highest BCUT2D eigenvalue weighted by atomic mass is 16.3. The van der Waals surface area contributed by atoms with Crippen molar-refractivity contribution in [3.63, 3.8) is 0 Å². The average molecular weight is 183 g/mol. The van der Waals surface area contributed by atoms with Crippen molar-refractivity contribution >= 4 is 0 Å². The minimum atomic E-state index is -0.427. The van der Waals surface area contributed by atoms with Gasteiger partial charge in [-0.25, -0.2) is 0 Å². The summed E-state index contributed by atoms with van der Waals surface area (Å²) in [5, 5.41) is 9.73. The zero-order valence-corrected chi connectivity index (χ0v) is 8.84. The van der Waals surface area contributed by atoms with Gasteiger partial charge in [-0.15, -0.1) is 0 Å². The summed E-state index contributed by atoms with van der Waals surface area (Å²) in [5.74, 6) is 0. The van der Waals surface area contributed by atoms with Crippen molar-refractivity contribution in [1.82, 2.24) is 4.90 Å². The number of aliphatic hydroxyl groups is 1. The number of piperidine rings is 1. The zero-order chi connectivity index (χ0) is 9.90. The molecule has 76 valence electrons. The first-order valence-electron chi connectivity index (χ1n) is 5.15. The summed E-state index contributed by atoms with van der Waals surface area (Å²) in [6, 6.07) is 0. The van der Waals surface area contributed by atoms with Crippen molar-refractivity contribution in [3.8, 4) is 0 Å². The molecule has 1 rings (SSSR count). The van der Waals surface area contributed by atoms with Gasteiger partial charge in [0.15, 0.2) is 0 Å². The van der Waals surface area contributed by atoms with Crippen LogP contribution in [0.15, 0.2) is 12.2 Å². The standard InChI is InChI=1S/C11H21NO/c1-4-10(2)9-12-7-5-11(3,13)6-8-12/h13H,2,4-9H2,1,3H3. The van der Waals surface area contributed by atoms with Crippen LogP contribution in [0.25, 0.3) is 0 Å². The van der Waals surface area contributed by atoms with Crippen LogP contribution in [-0.2, 0) is 0 Å². The topological polar surface area (TPSA) is 23.5 Å². The van der Waals surface area contributed by atoms with Gasteiger partial charge in [-0.1, -0.05) is 19.1 Å². The van der Waals surface area contributed by atoms with E-state index < -0.39 is 5.60 Å². The molecule has 2 nitrogen and oxygen atoms in total. The second-order valence-corrected chi connectivity index (χ2v) is 4.38. The summed E-state index contributed by atoms with van der Waals surface area (Å²) in [6.45, 7) is 11.1. The van der Waals surface area contributed by atoms with Crippen LogP contribution < -0.4 is 0 Å². The zero-order valence-electron chi connectivity index (χ0n) is 8.84. The van der Waals surface area contributed by atoms with Gasteiger partial charge in [0.05, 0.1) is 5.60 Å². The van der Waals surface area contributed by atoms with Crippen molar-refractivity contribution < 1.29 is 5.11 Å². The van der Waals surface area contributed by atoms with Crippen LogP contribution in [0.3, 0.4) is 0 Å². The lowest BCUT2D eigenvalue weighted by Crippen LogP contribution is -2.42. The molecule has 1 heterocycles. The predicted molar refractivity (Wildman–Crippen MR) is 55.7 cm³/mol. The summed E-state index contributed by atoms with van der Waals surface area (Å²) in [7, 11) is 0. The number of likely N-dealkylation sites (tertiary alicyclic amines) is 1. The molecule has 1 aliphatic rings. The van der Waals surface area contributed by atoms with E-state index in [1.165, 1.54) is 5.57 Å². The van der Waals surface area contributed by atoms with E-state index >= 15 is 0 Å². The Bertz CT molecular complexity index is 177. The molecule has 0 atom stereocenters. The van der Waals surface area contributed by atoms with Crippen molar-refractivity contribution in [1.29, 1.82) is 0 Å². The van der Waals surface area contributed by atoms with Crippen LogP contribution in [0.1, 0.15) is 33.1 Å². The molecule has 0 aromatic rings. The Morgan fingerprint density at radius 1 is 1.46 bits per heavy atom. The first-order valence-corrected chi connectivity index (χ1v) is 5.15. The molecule has 0 radical (unpaired) electrons. The van der Waals surface area contributed by atoms with Crippen LogP contribution in [0.5, 0.6) is 0 Å². The minimum Gasteiger partial charge on any atom is -0.390 e. The van der Waals surface area contributed by atoms with E-state index in [4.69, 9.17) is 0 Å². The molecule has 0 amide bonds. The normalized spacial score (nSPS) is 23.0. The molecular formula is C11H21NO. The fourth-order valence-electron chi connectivity index (χ4n) is 1.62. The van der Waals surface area contributed by atoms with Gasteiger partial charge in [-0.05, 0) is 26.2 Å². The Kier molecular flexibility index (Phi) is 3.51. The lowest BCUT2D eigenvalue weighted by molar-refractivity contribution is -0.00312. The Morgan fingerprint density at radius 3 is 2.46 bits per heavy atom. The van der Waals surface area contributed by atoms with Crippen LogP contribution in [0, 0.1) is 0 Å². The van der Waals surface area contributed by atoms with Crippen molar-refractivity contribution in [2.75, 3.05) is 19.6 Å². The Balaban J connectivity index is 2.29. The molecule has 1 aliphatic heterocycles. The smallest absolute Gasteiger partial charge is 0.0644 e. The second kappa shape index (κ2) is 4.25. The molecule has 0 aliphatic carbocycles. The third-order valence-corrected chi connectivity index (χ3v) is 2.88. The molecule has 0 unspecified atom stereocenters. The number of hydrogen-bond donors (Lipinski definition) is 1. The SMILES string of the molecule is C=C(CC)CN1CCC(C)(O)CC1. The van der Waals surface area contributed by atoms with Gasteiger partial charge in [-0.2, -0.15) is 0 Å². The molecule has 1 N–H and O–H groups in total. The first kappa shape index (κ1) is 10.7. The van der Waals surface area contributed by atoms with Gasteiger partial charge in [0.25, 0.3) is 0 Å². The van der Waals surface area contributed by atoms with Crippen molar-refractivity contribution in [2.45, 2.75) is 38.7 Å². The molecule has 0 aromatic carbocycles. The number of hydrogen-bond acceptors (Lipinski definition) is 2. The van der Waals surface area contributed by atoms with Crippen LogP contribution in [0.2, 0.25) is 0 Å².